The van der Waals surface area contributed by atoms with Gasteiger partial charge in [-0.1, -0.05) is 23.2 Å². The maximum atomic E-state index is 12.1. The average Bonchev–Trinajstić information content (AvgIpc) is 2.65. The van der Waals surface area contributed by atoms with E-state index in [0.717, 1.165) is 16.7 Å². The maximum absolute atomic E-state index is 12.1. The summed E-state index contributed by atoms with van der Waals surface area (Å²) in [7, 11) is 0. The quantitative estimate of drug-likeness (QED) is 0.856. The summed E-state index contributed by atoms with van der Waals surface area (Å²) in [6.45, 7) is 0. The fraction of sp³-hybridized carbons (Fsp3) is 0.250. The fourth-order valence-corrected chi connectivity index (χ4v) is 2.95. The molecule has 1 atom stereocenters. The molecular weight excluding hydrogens is 325 g/mol. The zero-order chi connectivity index (χ0) is 14.9. The Kier molecular flexibility index (Phi) is 4.57. The van der Waals surface area contributed by atoms with Gasteiger partial charge in [0, 0.05) is 6.42 Å². The molecule has 1 unspecified atom stereocenters. The Labute approximate surface area is 128 Å². The van der Waals surface area contributed by atoms with Gasteiger partial charge in [-0.05, 0) is 18.2 Å². The third-order valence-electron chi connectivity index (χ3n) is 2.67. The summed E-state index contributed by atoms with van der Waals surface area (Å²) >= 11 is 12.6. The molecule has 0 bridgehead atoms. The van der Waals surface area contributed by atoms with E-state index < -0.39 is 17.1 Å². The van der Waals surface area contributed by atoms with Crippen molar-refractivity contribution < 1.29 is 19.5 Å². The highest BCUT2D eigenvalue weighted by molar-refractivity contribution is 8.01. The number of hydrogen-bond donors (Lipinski definition) is 1. The van der Waals surface area contributed by atoms with Gasteiger partial charge in [-0.15, -0.1) is 11.8 Å². The fourth-order valence-electron chi connectivity index (χ4n) is 1.80. The highest BCUT2D eigenvalue weighted by atomic mass is 35.5. The lowest BCUT2D eigenvalue weighted by Crippen LogP contribution is -2.31. The molecule has 0 spiro atoms. The molecule has 1 aliphatic heterocycles. The van der Waals surface area contributed by atoms with Crippen LogP contribution in [0.2, 0.25) is 10.0 Å². The number of carboxylic acid groups (broad SMARTS) is 1. The molecule has 2 rings (SSSR count). The summed E-state index contributed by atoms with van der Waals surface area (Å²) in [5.74, 6) is -2.06. The number of nitrogens with zero attached hydrogens (tertiary/aromatic N) is 1. The van der Waals surface area contributed by atoms with Crippen molar-refractivity contribution in [2.75, 3.05) is 10.7 Å². The third-order valence-corrected chi connectivity index (χ3v) is 4.60. The Hall–Kier alpha value is -1.24. The van der Waals surface area contributed by atoms with Crippen LogP contribution in [-0.2, 0) is 14.4 Å². The lowest BCUT2D eigenvalue weighted by molar-refractivity contribution is -0.134. The summed E-state index contributed by atoms with van der Waals surface area (Å²) in [6.07, 6.45) is -0.0168. The molecule has 1 N–H and O–H groups in total. The van der Waals surface area contributed by atoms with Crippen LogP contribution in [0.15, 0.2) is 18.2 Å². The number of rotatable bonds is 4. The lowest BCUT2D eigenvalue weighted by Gasteiger charge is -2.15. The van der Waals surface area contributed by atoms with Gasteiger partial charge in [0.25, 0.3) is 0 Å². The summed E-state index contributed by atoms with van der Waals surface area (Å²) in [5, 5.41) is 8.51. The monoisotopic (exact) mass is 333 g/mol. The second-order valence-corrected chi connectivity index (χ2v) is 6.07. The molecule has 1 aromatic rings. The van der Waals surface area contributed by atoms with Gasteiger partial charge in [-0.25, -0.2) is 4.90 Å². The first-order chi connectivity index (χ1) is 9.40. The minimum atomic E-state index is -1.02. The number of carboxylic acids is 1. The van der Waals surface area contributed by atoms with E-state index in [0.29, 0.717) is 10.7 Å². The minimum absolute atomic E-state index is 0.0168. The van der Waals surface area contributed by atoms with E-state index in [1.165, 1.54) is 18.2 Å². The van der Waals surface area contributed by atoms with Crippen LogP contribution in [0.4, 0.5) is 5.69 Å². The highest BCUT2D eigenvalue weighted by Crippen LogP contribution is 2.33. The first kappa shape index (κ1) is 15.2. The summed E-state index contributed by atoms with van der Waals surface area (Å²) < 4.78 is 0. The van der Waals surface area contributed by atoms with Crippen LogP contribution in [0.3, 0.4) is 0 Å². The van der Waals surface area contributed by atoms with Crippen LogP contribution in [0.1, 0.15) is 6.42 Å². The number of hydrogen-bond acceptors (Lipinski definition) is 4. The number of amides is 2. The van der Waals surface area contributed by atoms with Gasteiger partial charge in [-0.3, -0.25) is 14.4 Å². The number of halogens is 2. The van der Waals surface area contributed by atoms with E-state index in [-0.39, 0.29) is 23.1 Å². The molecule has 0 aliphatic carbocycles. The molecule has 1 fully saturated rings. The predicted octanol–water partition coefficient (Wildman–Crippen LogP) is 2.44. The zero-order valence-corrected chi connectivity index (χ0v) is 12.3. The smallest absolute Gasteiger partial charge is 0.313 e. The van der Waals surface area contributed by atoms with Gasteiger partial charge in [0.1, 0.15) is 0 Å². The molecule has 0 aromatic heterocycles. The molecule has 20 heavy (non-hydrogen) atoms. The Morgan fingerprint density at radius 2 is 2.05 bits per heavy atom. The van der Waals surface area contributed by atoms with Crippen molar-refractivity contribution >= 4 is 58.4 Å². The van der Waals surface area contributed by atoms with Crippen molar-refractivity contribution in [2.24, 2.45) is 0 Å². The number of imide groups is 1. The van der Waals surface area contributed by atoms with Crippen molar-refractivity contribution in [2.45, 2.75) is 11.7 Å². The molecule has 1 aliphatic rings. The van der Waals surface area contributed by atoms with Crippen LogP contribution in [0.25, 0.3) is 0 Å². The van der Waals surface area contributed by atoms with E-state index >= 15 is 0 Å². The van der Waals surface area contributed by atoms with Crippen molar-refractivity contribution in [1.29, 1.82) is 0 Å². The van der Waals surface area contributed by atoms with Crippen molar-refractivity contribution in [1.82, 2.24) is 0 Å². The summed E-state index contributed by atoms with van der Waals surface area (Å²) in [4.78, 5) is 35.6. The van der Waals surface area contributed by atoms with Gasteiger partial charge in [-0.2, -0.15) is 0 Å². The zero-order valence-electron chi connectivity index (χ0n) is 10.0. The number of thioether (sulfide) groups is 1. The third kappa shape index (κ3) is 3.08. The molecular formula is C12H9Cl2NO4S. The van der Waals surface area contributed by atoms with Gasteiger partial charge < -0.3 is 5.11 Å². The van der Waals surface area contributed by atoms with E-state index in [1.807, 2.05) is 0 Å². The number of anilines is 1. The molecule has 8 heteroatoms. The summed E-state index contributed by atoms with van der Waals surface area (Å²) in [6, 6.07) is 4.45. The van der Waals surface area contributed by atoms with Crippen LogP contribution >= 0.6 is 35.0 Å². The minimum Gasteiger partial charge on any atom is -0.481 e. The molecule has 1 saturated heterocycles. The number of benzene rings is 1. The second-order valence-electron chi connectivity index (χ2n) is 4.06. The molecule has 1 aromatic carbocycles. The van der Waals surface area contributed by atoms with E-state index in [2.05, 4.69) is 0 Å². The summed E-state index contributed by atoms with van der Waals surface area (Å²) in [5.41, 5.74) is 0.341. The number of aliphatic carboxylic acids is 1. The largest absolute Gasteiger partial charge is 0.481 e. The van der Waals surface area contributed by atoms with Crippen molar-refractivity contribution in [3.05, 3.63) is 28.2 Å². The van der Waals surface area contributed by atoms with Gasteiger partial charge in [0.05, 0.1) is 26.7 Å². The van der Waals surface area contributed by atoms with Crippen molar-refractivity contribution in [3.8, 4) is 0 Å². The van der Waals surface area contributed by atoms with E-state index in [1.54, 1.807) is 0 Å². The Morgan fingerprint density at radius 1 is 1.35 bits per heavy atom. The predicted molar refractivity (Wildman–Crippen MR) is 77.5 cm³/mol. The lowest BCUT2D eigenvalue weighted by atomic mass is 10.3. The second kappa shape index (κ2) is 6.03. The maximum Gasteiger partial charge on any atom is 0.313 e. The van der Waals surface area contributed by atoms with Crippen LogP contribution in [-0.4, -0.2) is 33.9 Å². The van der Waals surface area contributed by atoms with Gasteiger partial charge in [0.2, 0.25) is 11.8 Å². The van der Waals surface area contributed by atoms with E-state index in [9.17, 15) is 14.4 Å². The van der Waals surface area contributed by atoms with Gasteiger partial charge >= 0.3 is 5.97 Å². The molecule has 1 heterocycles. The SMILES string of the molecule is O=C(O)CSC1CC(=O)N(c2ccc(Cl)c(Cl)c2)C1=O. The molecule has 106 valence electrons. The average molecular weight is 334 g/mol. The normalized spacial score (nSPS) is 18.7. The molecule has 5 nitrogen and oxygen atoms in total. The molecule has 0 radical (unpaired) electrons. The standard InChI is InChI=1S/C12H9Cl2NO4S/c13-7-2-1-6(3-8(7)14)15-10(16)4-9(12(15)19)20-5-11(17)18/h1-3,9H,4-5H2,(H,17,18). The topological polar surface area (TPSA) is 74.7 Å². The van der Waals surface area contributed by atoms with Crippen molar-refractivity contribution in [3.63, 3.8) is 0 Å². The molecule has 0 saturated carbocycles. The van der Waals surface area contributed by atoms with Gasteiger partial charge in [0.15, 0.2) is 0 Å². The van der Waals surface area contributed by atoms with Crippen LogP contribution in [0.5, 0.6) is 0 Å². The van der Waals surface area contributed by atoms with E-state index in [4.69, 9.17) is 28.3 Å². The Balaban J connectivity index is 2.20. The van der Waals surface area contributed by atoms with Crippen LogP contribution < -0.4 is 4.90 Å². The van der Waals surface area contributed by atoms with Crippen LogP contribution in [0, 0.1) is 0 Å². The number of carbonyl (C=O) groups excluding carboxylic acids is 2. The number of carbonyl (C=O) groups is 3. The Morgan fingerprint density at radius 3 is 2.65 bits per heavy atom. The first-order valence-electron chi connectivity index (χ1n) is 5.55. The molecule has 2 amide bonds. The Bertz CT molecular complexity index is 593. The highest BCUT2D eigenvalue weighted by Gasteiger charge is 2.40. The first-order valence-corrected chi connectivity index (χ1v) is 7.36.